The molecule has 190 valence electrons. The van der Waals surface area contributed by atoms with Crippen molar-refractivity contribution in [2.75, 3.05) is 45.1 Å². The average Bonchev–Trinajstić information content (AvgIpc) is 3.25. The van der Waals surface area contributed by atoms with Gasteiger partial charge in [0.05, 0.1) is 12.4 Å². The minimum Gasteiger partial charge on any atom is -0.450 e. The van der Waals surface area contributed by atoms with Gasteiger partial charge in [0, 0.05) is 66.8 Å². The first-order valence-electron chi connectivity index (χ1n) is 12.2. The van der Waals surface area contributed by atoms with Crippen LogP contribution in [0.1, 0.15) is 22.8 Å². The summed E-state index contributed by atoms with van der Waals surface area (Å²) in [6.45, 7) is 7.20. The molecular weight excluding hydrogens is 476 g/mol. The summed E-state index contributed by atoms with van der Waals surface area (Å²) in [6, 6.07) is 15.7. The Morgan fingerprint density at radius 2 is 1.67 bits per heavy atom. The summed E-state index contributed by atoms with van der Waals surface area (Å²) in [7, 11) is 0. The van der Waals surface area contributed by atoms with Crippen LogP contribution in [-0.4, -0.2) is 77.4 Å². The number of rotatable bonds is 8. The molecule has 1 fully saturated rings. The molecule has 3 amide bonds. The molecule has 0 unspecified atom stereocenters. The number of nitrogens with one attached hydrogen (secondary N) is 1. The van der Waals surface area contributed by atoms with Crippen LogP contribution >= 0.6 is 11.8 Å². The zero-order valence-electron chi connectivity index (χ0n) is 20.7. The van der Waals surface area contributed by atoms with Crippen molar-refractivity contribution in [2.45, 2.75) is 25.3 Å². The molecule has 2 heterocycles. The molecule has 0 bridgehead atoms. The fourth-order valence-corrected chi connectivity index (χ4v) is 5.30. The SMILES string of the molecule is CCOC(=O)N1CCN(C(=O)CSc2cn(CCNC(=O)c3ccccc3C)c3ccccc23)CC1. The fraction of sp³-hybridized carbons (Fsp3) is 0.370. The number of ether oxygens (including phenoxy) is 1. The maximum absolute atomic E-state index is 12.8. The second-order valence-corrected chi connectivity index (χ2v) is 9.65. The third-order valence-electron chi connectivity index (χ3n) is 6.29. The van der Waals surface area contributed by atoms with E-state index in [1.807, 2.05) is 48.2 Å². The molecule has 4 rings (SSSR count). The van der Waals surface area contributed by atoms with Crippen LogP contribution in [0.15, 0.2) is 59.6 Å². The van der Waals surface area contributed by atoms with Crippen LogP contribution < -0.4 is 5.32 Å². The number of carbonyl (C=O) groups excluding carboxylic acids is 3. The minimum atomic E-state index is -0.318. The molecule has 0 spiro atoms. The lowest BCUT2D eigenvalue weighted by Crippen LogP contribution is -2.51. The summed E-state index contributed by atoms with van der Waals surface area (Å²) in [5, 5.41) is 4.10. The molecule has 3 aromatic rings. The zero-order chi connectivity index (χ0) is 25.5. The normalized spacial score (nSPS) is 13.6. The van der Waals surface area contributed by atoms with Crippen molar-refractivity contribution in [1.82, 2.24) is 19.7 Å². The quantitative estimate of drug-likeness (QED) is 0.469. The third kappa shape index (κ3) is 6.02. The van der Waals surface area contributed by atoms with Gasteiger partial charge in [-0.1, -0.05) is 36.4 Å². The number of nitrogens with zero attached hydrogens (tertiary/aromatic N) is 3. The number of piperazine rings is 1. The van der Waals surface area contributed by atoms with Crippen LogP contribution in [0.5, 0.6) is 0 Å². The van der Waals surface area contributed by atoms with Gasteiger partial charge in [0.1, 0.15) is 0 Å². The van der Waals surface area contributed by atoms with E-state index in [-0.39, 0.29) is 17.9 Å². The number of thioether (sulfide) groups is 1. The van der Waals surface area contributed by atoms with Gasteiger partial charge in [0.2, 0.25) is 5.91 Å². The summed E-state index contributed by atoms with van der Waals surface area (Å²) in [5.41, 5.74) is 2.71. The van der Waals surface area contributed by atoms with Crippen LogP contribution in [-0.2, 0) is 16.1 Å². The van der Waals surface area contributed by atoms with E-state index < -0.39 is 0 Å². The first kappa shape index (κ1) is 25.6. The highest BCUT2D eigenvalue weighted by Gasteiger charge is 2.25. The number of hydrogen-bond acceptors (Lipinski definition) is 5. The smallest absolute Gasteiger partial charge is 0.409 e. The number of amides is 3. The first-order chi connectivity index (χ1) is 17.5. The van der Waals surface area contributed by atoms with Crippen molar-refractivity contribution in [3.05, 3.63) is 65.9 Å². The van der Waals surface area contributed by atoms with Crippen molar-refractivity contribution in [3.63, 3.8) is 0 Å². The molecule has 1 aromatic heterocycles. The van der Waals surface area contributed by atoms with E-state index in [0.29, 0.717) is 57.2 Å². The number of hydrogen-bond donors (Lipinski definition) is 1. The molecule has 1 N–H and O–H groups in total. The monoisotopic (exact) mass is 508 g/mol. The van der Waals surface area contributed by atoms with E-state index in [4.69, 9.17) is 4.74 Å². The minimum absolute atomic E-state index is 0.0610. The van der Waals surface area contributed by atoms with Crippen LogP contribution in [0.4, 0.5) is 4.79 Å². The van der Waals surface area contributed by atoms with Gasteiger partial charge in [0.25, 0.3) is 5.91 Å². The van der Waals surface area contributed by atoms with Crippen LogP contribution in [0.2, 0.25) is 0 Å². The van der Waals surface area contributed by atoms with Gasteiger partial charge in [-0.3, -0.25) is 9.59 Å². The Morgan fingerprint density at radius 1 is 0.972 bits per heavy atom. The Balaban J connectivity index is 1.33. The van der Waals surface area contributed by atoms with Crippen molar-refractivity contribution in [3.8, 4) is 0 Å². The molecule has 0 aliphatic carbocycles. The second-order valence-electron chi connectivity index (χ2n) is 8.63. The molecule has 1 saturated heterocycles. The molecule has 1 aliphatic rings. The van der Waals surface area contributed by atoms with Gasteiger partial charge < -0.3 is 24.4 Å². The number of para-hydroxylation sites is 1. The Morgan fingerprint density at radius 3 is 2.42 bits per heavy atom. The van der Waals surface area contributed by atoms with E-state index in [1.54, 1.807) is 11.8 Å². The largest absolute Gasteiger partial charge is 0.450 e. The third-order valence-corrected chi connectivity index (χ3v) is 7.32. The summed E-state index contributed by atoms with van der Waals surface area (Å²) in [6.07, 6.45) is 1.74. The molecule has 1 aliphatic heterocycles. The van der Waals surface area contributed by atoms with Crippen molar-refractivity contribution < 1.29 is 19.1 Å². The lowest BCUT2D eigenvalue weighted by atomic mass is 10.1. The van der Waals surface area contributed by atoms with Gasteiger partial charge >= 0.3 is 6.09 Å². The van der Waals surface area contributed by atoms with Gasteiger partial charge in [-0.2, -0.15) is 0 Å². The number of benzene rings is 2. The predicted molar refractivity (Wildman–Crippen MR) is 141 cm³/mol. The van der Waals surface area contributed by atoms with Gasteiger partial charge in [-0.05, 0) is 31.5 Å². The van der Waals surface area contributed by atoms with E-state index in [9.17, 15) is 14.4 Å². The Bertz CT molecular complexity index is 1230. The van der Waals surface area contributed by atoms with E-state index in [1.165, 1.54) is 11.8 Å². The molecular formula is C27H32N4O4S. The molecule has 2 aromatic carbocycles. The highest BCUT2D eigenvalue weighted by atomic mass is 32.2. The maximum Gasteiger partial charge on any atom is 0.409 e. The molecule has 0 radical (unpaired) electrons. The Kier molecular flexibility index (Phi) is 8.53. The number of carbonyl (C=O) groups is 3. The summed E-state index contributed by atoms with van der Waals surface area (Å²) in [4.78, 5) is 41.8. The molecule has 0 saturated carbocycles. The summed E-state index contributed by atoms with van der Waals surface area (Å²) >= 11 is 1.52. The highest BCUT2D eigenvalue weighted by molar-refractivity contribution is 8.00. The topological polar surface area (TPSA) is 83.9 Å². The summed E-state index contributed by atoms with van der Waals surface area (Å²) < 4.78 is 7.17. The lowest BCUT2D eigenvalue weighted by molar-refractivity contribution is -0.129. The second kappa shape index (κ2) is 12.0. The lowest BCUT2D eigenvalue weighted by Gasteiger charge is -2.34. The number of fused-ring (bicyclic) bond motifs is 1. The first-order valence-corrected chi connectivity index (χ1v) is 13.2. The molecule has 8 nitrogen and oxygen atoms in total. The standard InChI is InChI=1S/C27H32N4O4S/c1-3-35-27(34)30-16-14-29(15-17-30)25(32)19-36-24-18-31(23-11-7-6-10-22(23)24)13-12-28-26(33)21-9-5-4-8-20(21)2/h4-11,18H,3,12-17,19H2,1-2H3,(H,28,33). The number of aromatic nitrogens is 1. The highest BCUT2D eigenvalue weighted by Crippen LogP contribution is 2.30. The number of aryl methyl sites for hydroxylation is 1. The van der Waals surface area contributed by atoms with E-state index in [0.717, 1.165) is 21.4 Å². The zero-order valence-corrected chi connectivity index (χ0v) is 21.6. The van der Waals surface area contributed by atoms with Crippen molar-refractivity contribution in [2.24, 2.45) is 0 Å². The maximum atomic E-state index is 12.8. The van der Waals surface area contributed by atoms with Gasteiger partial charge in [-0.25, -0.2) is 4.79 Å². The predicted octanol–water partition coefficient (Wildman–Crippen LogP) is 3.77. The van der Waals surface area contributed by atoms with Crippen LogP contribution in [0.3, 0.4) is 0 Å². The van der Waals surface area contributed by atoms with Crippen LogP contribution in [0.25, 0.3) is 10.9 Å². The van der Waals surface area contributed by atoms with Gasteiger partial charge in [0.15, 0.2) is 0 Å². The van der Waals surface area contributed by atoms with Gasteiger partial charge in [-0.15, -0.1) is 11.8 Å². The summed E-state index contributed by atoms with van der Waals surface area (Å²) in [5.74, 6) is 0.316. The average molecular weight is 509 g/mol. The van der Waals surface area contributed by atoms with Crippen molar-refractivity contribution >= 4 is 40.6 Å². The fourth-order valence-electron chi connectivity index (χ4n) is 4.31. The van der Waals surface area contributed by atoms with E-state index in [2.05, 4.69) is 28.2 Å². The molecule has 0 atom stereocenters. The van der Waals surface area contributed by atoms with Crippen LogP contribution in [0, 0.1) is 6.92 Å². The van der Waals surface area contributed by atoms with E-state index >= 15 is 0 Å². The molecule has 9 heteroatoms. The Hall–Kier alpha value is -3.46. The molecule has 36 heavy (non-hydrogen) atoms. The Labute approximate surface area is 215 Å². The van der Waals surface area contributed by atoms with Crippen molar-refractivity contribution in [1.29, 1.82) is 0 Å².